The van der Waals surface area contributed by atoms with Gasteiger partial charge in [0.25, 0.3) is 0 Å². The van der Waals surface area contributed by atoms with Crippen LogP contribution in [0, 0.1) is 0 Å². The zero-order valence-corrected chi connectivity index (χ0v) is 27.2. The second-order valence-electron chi connectivity index (χ2n) is 12.5. The highest BCUT2D eigenvalue weighted by atomic mass is 16.3. The van der Waals surface area contributed by atoms with Crippen LogP contribution in [0.3, 0.4) is 0 Å². The lowest BCUT2D eigenvalue weighted by atomic mass is 10.0. The van der Waals surface area contributed by atoms with Crippen molar-refractivity contribution in [3.63, 3.8) is 0 Å². The highest BCUT2D eigenvalue weighted by Crippen LogP contribution is 2.34. The van der Waals surface area contributed by atoms with Crippen LogP contribution in [-0.2, 0) is 0 Å². The molecule has 238 valence electrons. The van der Waals surface area contributed by atoms with Crippen LogP contribution in [0.1, 0.15) is 0 Å². The predicted octanol–water partition coefficient (Wildman–Crippen LogP) is 11.2. The molecule has 0 bridgehead atoms. The van der Waals surface area contributed by atoms with Crippen LogP contribution in [0.25, 0.3) is 100 Å². The summed E-state index contributed by atoms with van der Waals surface area (Å²) in [6.45, 7) is 0. The number of aromatic nitrogens is 5. The van der Waals surface area contributed by atoms with Crippen LogP contribution >= 0.6 is 0 Å². The summed E-state index contributed by atoms with van der Waals surface area (Å²) in [6.07, 6.45) is 0. The predicted molar refractivity (Wildman–Crippen MR) is 205 cm³/mol. The Morgan fingerprint density at radius 1 is 0.314 bits per heavy atom. The van der Waals surface area contributed by atoms with Gasteiger partial charge >= 0.3 is 0 Å². The third-order valence-electron chi connectivity index (χ3n) is 9.33. The molecule has 0 amide bonds. The van der Waals surface area contributed by atoms with Crippen molar-refractivity contribution in [3.8, 4) is 56.4 Å². The highest BCUT2D eigenvalue weighted by Gasteiger charge is 2.15. The summed E-state index contributed by atoms with van der Waals surface area (Å²) in [4.78, 5) is 25.0. The van der Waals surface area contributed by atoms with E-state index in [1.807, 2.05) is 72.8 Å². The SMILES string of the molecule is c1ccc(-c2ccc(-c3nc(-c4ccccc4)nc(-c4ccc(-c5cccc6nc7cc8oc9ccccc9c8cc7nc56)cc4)n3)cc2)cc1. The standard InChI is InChI=1S/C45H27N5O/c1-3-10-28(11-4-1)29-18-22-32(23-19-29)44-48-43(31-12-5-2-6-13-31)49-45(50-44)33-24-20-30(21-25-33)34-15-9-16-37-42(34)47-38-26-36-35-14-7-8-17-40(35)51-41(36)27-39(38)46-37/h1-27H. The Morgan fingerprint density at radius 3 is 1.53 bits per heavy atom. The minimum atomic E-state index is 0.609. The highest BCUT2D eigenvalue weighted by molar-refractivity contribution is 6.10. The fourth-order valence-electron chi connectivity index (χ4n) is 6.74. The first-order valence-electron chi connectivity index (χ1n) is 16.8. The molecule has 6 heteroatoms. The van der Waals surface area contributed by atoms with Gasteiger partial charge in [-0.05, 0) is 34.9 Å². The fourth-order valence-corrected chi connectivity index (χ4v) is 6.74. The van der Waals surface area contributed by atoms with Gasteiger partial charge in [0, 0.05) is 39.1 Å². The molecule has 51 heavy (non-hydrogen) atoms. The topological polar surface area (TPSA) is 77.6 Å². The Kier molecular flexibility index (Phi) is 6.70. The lowest BCUT2D eigenvalue weighted by molar-refractivity contribution is 0.669. The van der Waals surface area contributed by atoms with Crippen molar-refractivity contribution in [1.29, 1.82) is 0 Å². The molecular weight excluding hydrogens is 627 g/mol. The summed E-state index contributed by atoms with van der Waals surface area (Å²) >= 11 is 0. The Hall–Kier alpha value is -7.05. The molecule has 3 heterocycles. The Bertz CT molecular complexity index is 2890. The maximum atomic E-state index is 6.12. The molecule has 3 aromatic heterocycles. The summed E-state index contributed by atoms with van der Waals surface area (Å²) in [5.41, 5.74) is 12.1. The molecule has 0 saturated carbocycles. The number of hydrogen-bond acceptors (Lipinski definition) is 6. The molecule has 7 aromatic carbocycles. The third-order valence-corrected chi connectivity index (χ3v) is 9.33. The minimum Gasteiger partial charge on any atom is -0.456 e. The van der Waals surface area contributed by atoms with E-state index >= 15 is 0 Å². The molecule has 0 atom stereocenters. The molecule has 0 aliphatic carbocycles. The summed E-state index contributed by atoms with van der Waals surface area (Å²) in [7, 11) is 0. The maximum absolute atomic E-state index is 6.12. The Morgan fingerprint density at radius 2 is 0.843 bits per heavy atom. The first-order valence-corrected chi connectivity index (χ1v) is 16.8. The van der Waals surface area contributed by atoms with Gasteiger partial charge in [0.1, 0.15) is 11.2 Å². The van der Waals surface area contributed by atoms with Crippen molar-refractivity contribution >= 4 is 44.0 Å². The van der Waals surface area contributed by atoms with Crippen LogP contribution in [0.15, 0.2) is 168 Å². The van der Waals surface area contributed by atoms with Crippen molar-refractivity contribution in [3.05, 3.63) is 164 Å². The van der Waals surface area contributed by atoms with Crippen LogP contribution in [-0.4, -0.2) is 24.9 Å². The van der Waals surface area contributed by atoms with E-state index in [9.17, 15) is 0 Å². The Balaban J connectivity index is 1.05. The summed E-state index contributed by atoms with van der Waals surface area (Å²) < 4.78 is 6.12. The van der Waals surface area contributed by atoms with Crippen molar-refractivity contribution in [2.75, 3.05) is 0 Å². The summed E-state index contributed by atoms with van der Waals surface area (Å²) in [5.74, 6) is 1.86. The van der Waals surface area contributed by atoms with Crippen LogP contribution in [0.5, 0.6) is 0 Å². The largest absolute Gasteiger partial charge is 0.456 e. The molecule has 6 nitrogen and oxygen atoms in total. The van der Waals surface area contributed by atoms with Gasteiger partial charge in [-0.3, -0.25) is 0 Å². The van der Waals surface area contributed by atoms with Gasteiger partial charge in [-0.1, -0.05) is 140 Å². The summed E-state index contributed by atoms with van der Waals surface area (Å²) in [5, 5.41) is 2.11. The van der Waals surface area contributed by atoms with E-state index in [0.29, 0.717) is 17.5 Å². The van der Waals surface area contributed by atoms with E-state index < -0.39 is 0 Å². The molecular formula is C45H27N5O. The zero-order valence-electron chi connectivity index (χ0n) is 27.2. The van der Waals surface area contributed by atoms with Crippen LogP contribution in [0.2, 0.25) is 0 Å². The number of fused-ring (bicyclic) bond motifs is 5. The number of hydrogen-bond donors (Lipinski definition) is 0. The van der Waals surface area contributed by atoms with E-state index in [-0.39, 0.29) is 0 Å². The smallest absolute Gasteiger partial charge is 0.164 e. The minimum absolute atomic E-state index is 0.609. The molecule has 0 N–H and O–H groups in total. The second-order valence-corrected chi connectivity index (χ2v) is 12.5. The van der Waals surface area contributed by atoms with Gasteiger partial charge in [-0.2, -0.15) is 0 Å². The molecule has 0 fully saturated rings. The van der Waals surface area contributed by atoms with Crippen molar-refractivity contribution in [2.45, 2.75) is 0 Å². The van der Waals surface area contributed by atoms with E-state index in [1.165, 1.54) is 5.56 Å². The number of furan rings is 1. The molecule has 0 spiro atoms. The molecule has 0 unspecified atom stereocenters. The molecule has 0 aliphatic rings. The van der Waals surface area contributed by atoms with E-state index in [4.69, 9.17) is 29.3 Å². The van der Waals surface area contributed by atoms with E-state index in [0.717, 1.165) is 77.4 Å². The van der Waals surface area contributed by atoms with Gasteiger partial charge in [-0.15, -0.1) is 0 Å². The van der Waals surface area contributed by atoms with Gasteiger partial charge in [-0.25, -0.2) is 24.9 Å². The van der Waals surface area contributed by atoms with Crippen LogP contribution in [0.4, 0.5) is 0 Å². The van der Waals surface area contributed by atoms with Crippen molar-refractivity contribution in [2.24, 2.45) is 0 Å². The molecule has 10 aromatic rings. The number of para-hydroxylation sites is 2. The fraction of sp³-hybridized carbons (Fsp3) is 0. The van der Waals surface area contributed by atoms with Crippen LogP contribution < -0.4 is 0 Å². The quantitative estimate of drug-likeness (QED) is 0.172. The molecule has 0 aliphatic heterocycles. The number of rotatable bonds is 5. The van der Waals surface area contributed by atoms with Gasteiger partial charge in [0.05, 0.1) is 22.1 Å². The lowest BCUT2D eigenvalue weighted by Crippen LogP contribution is -2.00. The van der Waals surface area contributed by atoms with Gasteiger partial charge in [0.15, 0.2) is 17.5 Å². The summed E-state index contributed by atoms with van der Waals surface area (Å²) in [6, 6.07) is 55.4. The second kappa shape index (κ2) is 11.8. The van der Waals surface area contributed by atoms with Crippen molar-refractivity contribution < 1.29 is 4.42 Å². The maximum Gasteiger partial charge on any atom is 0.164 e. The average molecular weight is 654 g/mol. The monoisotopic (exact) mass is 653 g/mol. The Labute approximate surface area is 292 Å². The van der Waals surface area contributed by atoms with Crippen molar-refractivity contribution in [1.82, 2.24) is 24.9 Å². The third kappa shape index (κ3) is 5.18. The lowest BCUT2D eigenvalue weighted by Gasteiger charge is -2.10. The number of nitrogens with zero attached hydrogens (tertiary/aromatic N) is 5. The van der Waals surface area contributed by atoms with Gasteiger partial charge in [0.2, 0.25) is 0 Å². The first kappa shape index (κ1) is 28.9. The molecule has 0 saturated heterocycles. The normalized spacial score (nSPS) is 11.5. The average Bonchev–Trinajstić information content (AvgIpc) is 3.57. The molecule has 10 rings (SSSR count). The molecule has 0 radical (unpaired) electrons. The first-order chi connectivity index (χ1) is 25.2. The zero-order chi connectivity index (χ0) is 33.7. The van der Waals surface area contributed by atoms with E-state index in [2.05, 4.69) is 91.0 Å². The van der Waals surface area contributed by atoms with E-state index in [1.54, 1.807) is 0 Å². The number of benzene rings is 7. The van der Waals surface area contributed by atoms with Gasteiger partial charge < -0.3 is 4.42 Å².